The van der Waals surface area contributed by atoms with E-state index in [-0.39, 0.29) is 18.1 Å². The second-order valence-corrected chi connectivity index (χ2v) is 6.84. The topological polar surface area (TPSA) is 43.4 Å². The second-order valence-electron chi connectivity index (χ2n) is 5.07. The predicted molar refractivity (Wildman–Crippen MR) is 93.9 cm³/mol. The van der Waals surface area contributed by atoms with Crippen LogP contribution < -0.4 is 10.2 Å². The van der Waals surface area contributed by atoms with E-state index < -0.39 is 4.83 Å². The average molecular weight is 422 g/mol. The van der Waals surface area contributed by atoms with Crippen LogP contribution in [0.25, 0.3) is 0 Å². The normalized spacial score (nSPS) is 14.5. The van der Waals surface area contributed by atoms with Gasteiger partial charge < -0.3 is 9.53 Å². The van der Waals surface area contributed by atoms with Gasteiger partial charge in [-0.15, -0.1) is 0 Å². The first-order valence-corrected chi connectivity index (χ1v) is 8.47. The molecule has 0 amide bonds. The van der Waals surface area contributed by atoms with E-state index in [1.54, 1.807) is 18.2 Å². The van der Waals surface area contributed by atoms with Gasteiger partial charge in [0.1, 0.15) is 22.9 Å². The Morgan fingerprint density at radius 2 is 2.00 bits per heavy atom. The van der Waals surface area contributed by atoms with Crippen LogP contribution in [0.5, 0.6) is 5.75 Å². The number of fused-ring (bicyclic) bond motifs is 1. The number of ketones is 1. The third-order valence-corrected chi connectivity index (χ3v) is 5.16. The summed E-state index contributed by atoms with van der Waals surface area (Å²) in [6, 6.07) is 12.8. The van der Waals surface area contributed by atoms with Crippen molar-refractivity contribution in [2.24, 2.45) is 0 Å². The molecule has 3 nitrogen and oxygen atoms in total. The highest BCUT2D eigenvalue weighted by molar-refractivity contribution is 9.11. The fourth-order valence-corrected chi connectivity index (χ4v) is 3.89. The highest BCUT2D eigenvalue weighted by Crippen LogP contribution is 2.32. The van der Waals surface area contributed by atoms with E-state index in [4.69, 9.17) is 4.74 Å². The van der Waals surface area contributed by atoms with Crippen molar-refractivity contribution in [2.45, 2.75) is 4.83 Å². The minimum atomic E-state index is -0.443. The van der Waals surface area contributed by atoms with Crippen molar-refractivity contribution >= 4 is 56.1 Å². The third-order valence-electron chi connectivity index (χ3n) is 3.53. The van der Waals surface area contributed by atoms with Crippen LogP contribution in [0.3, 0.4) is 0 Å². The van der Waals surface area contributed by atoms with Crippen molar-refractivity contribution in [3.63, 3.8) is 0 Å². The molecule has 22 heavy (non-hydrogen) atoms. The molecular weight excluding hydrogens is 411 g/mol. The molecule has 6 heteroatoms. The summed E-state index contributed by atoms with van der Waals surface area (Å²) in [6.45, 7) is 0.109. The number of carbonyl (C=O) groups excluding carboxylic acids is 2. The molecule has 3 rings (SSSR count). The summed E-state index contributed by atoms with van der Waals surface area (Å²) in [4.78, 5) is 23.7. The Bertz CT molecular complexity index is 761. The van der Waals surface area contributed by atoms with E-state index in [0.29, 0.717) is 18.6 Å². The summed E-state index contributed by atoms with van der Waals surface area (Å²) >= 11 is 6.93. The van der Waals surface area contributed by atoms with Crippen LogP contribution in [0.1, 0.15) is 20.7 Å². The summed E-state index contributed by atoms with van der Waals surface area (Å²) in [7, 11) is 0.318. The van der Waals surface area contributed by atoms with Crippen LogP contribution in [0.15, 0.2) is 46.9 Å². The zero-order valence-electron chi connectivity index (χ0n) is 11.5. The van der Waals surface area contributed by atoms with Gasteiger partial charge >= 0.3 is 0 Å². The van der Waals surface area contributed by atoms with Crippen molar-refractivity contribution < 1.29 is 14.3 Å². The van der Waals surface area contributed by atoms with Gasteiger partial charge in [0.2, 0.25) is 7.28 Å². The van der Waals surface area contributed by atoms with Gasteiger partial charge in [0, 0.05) is 10.0 Å². The van der Waals surface area contributed by atoms with Crippen LogP contribution >= 0.6 is 31.9 Å². The molecule has 1 heterocycles. The zero-order chi connectivity index (χ0) is 15.7. The van der Waals surface area contributed by atoms with Gasteiger partial charge in [0.05, 0.1) is 0 Å². The largest absolute Gasteiger partial charge is 0.487 e. The van der Waals surface area contributed by atoms with Gasteiger partial charge in [-0.2, -0.15) is 0 Å². The van der Waals surface area contributed by atoms with Crippen LogP contribution in [0, 0.1) is 0 Å². The number of alkyl halides is 1. The number of rotatable bonds is 3. The maximum absolute atomic E-state index is 12.7. The number of hydrogen-bond donors (Lipinski definition) is 0. The Morgan fingerprint density at radius 1 is 1.23 bits per heavy atom. The highest BCUT2D eigenvalue weighted by atomic mass is 79.9. The van der Waals surface area contributed by atoms with Crippen molar-refractivity contribution in [1.29, 1.82) is 0 Å². The van der Waals surface area contributed by atoms with Gasteiger partial charge in [-0.05, 0) is 29.2 Å². The lowest BCUT2D eigenvalue weighted by Gasteiger charge is -2.17. The number of Topliss-reactive ketones (excluding diaryl/α,β-unsaturated/α-hetero) is 1. The Labute approximate surface area is 145 Å². The molecule has 1 aliphatic heterocycles. The van der Waals surface area contributed by atoms with Crippen molar-refractivity contribution in [1.82, 2.24) is 0 Å². The number of benzene rings is 2. The molecule has 0 spiro atoms. The summed E-state index contributed by atoms with van der Waals surface area (Å²) in [5, 5.41) is 0. The molecule has 0 fully saturated rings. The van der Waals surface area contributed by atoms with Crippen molar-refractivity contribution in [2.75, 3.05) is 6.61 Å². The lowest BCUT2D eigenvalue weighted by atomic mass is 9.64. The first kappa shape index (κ1) is 15.5. The Hall–Kier alpha value is -1.40. The smallest absolute Gasteiger partial charge is 0.248 e. The fourth-order valence-electron chi connectivity index (χ4n) is 2.40. The lowest BCUT2D eigenvalue weighted by Crippen LogP contribution is -2.35. The standard InChI is InChI=1S/C16H11BBr2O3/c18-12-4-2-1-3-10(12)15(19)16(21)9-5-6-13-11(7-9)17-14(20)8-22-13/h1-7,15,17H,8H2. The number of carbonyl (C=O) groups is 2. The quantitative estimate of drug-likeness (QED) is 0.435. The van der Waals surface area contributed by atoms with E-state index in [1.807, 2.05) is 24.3 Å². The van der Waals surface area contributed by atoms with Crippen molar-refractivity contribution in [3.8, 4) is 5.75 Å². The molecule has 1 aliphatic rings. The van der Waals surface area contributed by atoms with E-state index in [2.05, 4.69) is 31.9 Å². The van der Waals surface area contributed by atoms with Gasteiger partial charge in [-0.3, -0.25) is 4.79 Å². The average Bonchev–Trinajstić information content (AvgIpc) is 2.53. The number of ether oxygens (including phenoxy) is 1. The van der Waals surface area contributed by atoms with Crippen molar-refractivity contribution in [3.05, 3.63) is 58.1 Å². The lowest BCUT2D eigenvalue weighted by molar-refractivity contribution is -0.114. The van der Waals surface area contributed by atoms with Crippen LogP contribution in [0.2, 0.25) is 0 Å². The molecule has 2 aromatic rings. The Balaban J connectivity index is 1.91. The zero-order valence-corrected chi connectivity index (χ0v) is 14.7. The third kappa shape index (κ3) is 3.03. The van der Waals surface area contributed by atoms with E-state index >= 15 is 0 Å². The fraction of sp³-hybridized carbons (Fsp3) is 0.125. The van der Waals surface area contributed by atoms with E-state index in [9.17, 15) is 9.59 Å². The summed E-state index contributed by atoms with van der Waals surface area (Å²) in [6.07, 6.45) is 0. The summed E-state index contributed by atoms with van der Waals surface area (Å²) in [5.74, 6) is 0.635. The molecule has 0 radical (unpaired) electrons. The maximum Gasteiger partial charge on any atom is 0.248 e. The molecule has 110 valence electrons. The SMILES string of the molecule is O=C1Bc2cc(C(=O)C(Br)c3ccccc3Br)ccc2OC1. The minimum Gasteiger partial charge on any atom is -0.487 e. The molecule has 0 saturated heterocycles. The predicted octanol–water partition coefficient (Wildman–Crippen LogP) is 2.75. The maximum atomic E-state index is 12.7. The molecule has 0 N–H and O–H groups in total. The number of hydrogen-bond acceptors (Lipinski definition) is 3. The second kappa shape index (κ2) is 6.38. The Morgan fingerprint density at radius 3 is 2.77 bits per heavy atom. The molecule has 1 atom stereocenters. The molecule has 0 bridgehead atoms. The summed E-state index contributed by atoms with van der Waals surface area (Å²) in [5.41, 5.74) is 2.24. The minimum absolute atomic E-state index is 0.0262. The number of halogens is 2. The highest BCUT2D eigenvalue weighted by Gasteiger charge is 2.24. The molecule has 1 unspecified atom stereocenters. The van der Waals surface area contributed by atoms with Crippen LogP contribution in [0.4, 0.5) is 0 Å². The monoisotopic (exact) mass is 420 g/mol. The van der Waals surface area contributed by atoms with Gasteiger partial charge in [0.25, 0.3) is 0 Å². The molecule has 2 aromatic carbocycles. The van der Waals surface area contributed by atoms with E-state index in [1.165, 1.54) is 0 Å². The molecule has 0 saturated carbocycles. The first-order chi connectivity index (χ1) is 10.6. The van der Waals surface area contributed by atoms with Gasteiger partial charge in [-0.1, -0.05) is 56.1 Å². The Kier molecular flexibility index (Phi) is 4.50. The first-order valence-electron chi connectivity index (χ1n) is 6.76. The van der Waals surface area contributed by atoms with Crippen LogP contribution in [-0.2, 0) is 4.79 Å². The van der Waals surface area contributed by atoms with Gasteiger partial charge in [-0.25, -0.2) is 0 Å². The molecule has 0 aliphatic carbocycles. The molecular formula is C16H11BBr2O3. The summed E-state index contributed by atoms with van der Waals surface area (Å²) < 4.78 is 6.23. The van der Waals surface area contributed by atoms with Crippen LogP contribution in [-0.4, -0.2) is 25.4 Å². The molecule has 0 aromatic heterocycles. The van der Waals surface area contributed by atoms with Gasteiger partial charge in [0.15, 0.2) is 5.78 Å². The van der Waals surface area contributed by atoms with E-state index in [0.717, 1.165) is 15.5 Å².